The highest BCUT2D eigenvalue weighted by Crippen LogP contribution is 2.05. The van der Waals surface area contributed by atoms with Gasteiger partial charge in [-0.15, -0.1) is 0 Å². The van der Waals surface area contributed by atoms with Crippen molar-refractivity contribution in [2.24, 2.45) is 0 Å². The summed E-state index contributed by atoms with van der Waals surface area (Å²) in [5.41, 5.74) is 0.762. The number of rotatable bonds is 6. The van der Waals surface area contributed by atoms with Crippen LogP contribution in [0.5, 0.6) is 0 Å². The van der Waals surface area contributed by atoms with Crippen LogP contribution < -0.4 is 21.5 Å². The topological polar surface area (TPSA) is 122 Å². The quantitative estimate of drug-likeness (QED) is 0.410. The second-order valence-corrected chi connectivity index (χ2v) is 6.12. The molecule has 0 saturated carbocycles. The molecule has 1 heterocycles. The second-order valence-electron chi connectivity index (χ2n) is 6.12. The van der Waals surface area contributed by atoms with Gasteiger partial charge in [0.25, 0.3) is 5.56 Å². The van der Waals surface area contributed by atoms with Crippen LogP contribution in [0.2, 0.25) is 0 Å². The minimum Gasteiger partial charge on any atom is -0.353 e. The lowest BCUT2D eigenvalue weighted by molar-refractivity contribution is -0.136. The number of hydrogen-bond acceptors (Lipinski definition) is 5. The molecule has 0 aliphatic heterocycles. The largest absolute Gasteiger partial charge is 0.353 e. The van der Waals surface area contributed by atoms with Gasteiger partial charge in [-0.2, -0.15) is 0 Å². The van der Waals surface area contributed by atoms with Crippen molar-refractivity contribution < 1.29 is 14.4 Å². The lowest BCUT2D eigenvalue weighted by Crippen LogP contribution is -2.41. The Hall–Kier alpha value is -4.01. The zero-order chi connectivity index (χ0) is 20.6. The van der Waals surface area contributed by atoms with Gasteiger partial charge in [0.1, 0.15) is 6.54 Å². The lowest BCUT2D eigenvalue weighted by atomic mass is 10.2. The van der Waals surface area contributed by atoms with Crippen molar-refractivity contribution in [2.45, 2.75) is 6.54 Å². The van der Waals surface area contributed by atoms with Crippen LogP contribution in [0.25, 0.3) is 10.9 Å². The van der Waals surface area contributed by atoms with Crippen LogP contribution in [0.3, 0.4) is 0 Å². The molecule has 1 aromatic heterocycles. The molecule has 0 bridgehead atoms. The first-order chi connectivity index (χ1) is 14.0. The van der Waals surface area contributed by atoms with Crippen LogP contribution in [0.15, 0.2) is 65.7 Å². The van der Waals surface area contributed by atoms with Gasteiger partial charge in [0.15, 0.2) is 0 Å². The van der Waals surface area contributed by atoms with Crippen LogP contribution in [0.1, 0.15) is 0 Å². The fraction of sp³-hybridized carbons (Fsp3) is 0.150. The molecule has 148 valence electrons. The fourth-order valence-electron chi connectivity index (χ4n) is 2.60. The van der Waals surface area contributed by atoms with Gasteiger partial charge >= 0.3 is 11.8 Å². The normalized spacial score (nSPS) is 10.3. The molecule has 3 aromatic rings. The predicted molar refractivity (Wildman–Crippen MR) is 107 cm³/mol. The lowest BCUT2D eigenvalue weighted by Gasteiger charge is -2.09. The zero-order valence-electron chi connectivity index (χ0n) is 15.4. The van der Waals surface area contributed by atoms with Gasteiger partial charge in [0.2, 0.25) is 5.91 Å². The van der Waals surface area contributed by atoms with Gasteiger partial charge < -0.3 is 16.0 Å². The molecule has 9 heteroatoms. The summed E-state index contributed by atoms with van der Waals surface area (Å²) in [5.74, 6) is -2.01. The van der Waals surface area contributed by atoms with Gasteiger partial charge in [-0.1, -0.05) is 30.3 Å². The second kappa shape index (κ2) is 9.27. The number of carbonyl (C=O) groups is 3. The van der Waals surface area contributed by atoms with Gasteiger partial charge in [0.05, 0.1) is 17.2 Å². The monoisotopic (exact) mass is 393 g/mol. The zero-order valence-corrected chi connectivity index (χ0v) is 15.4. The molecule has 0 aliphatic rings. The standard InChI is InChI=1S/C20H19N5O4/c26-17(12-25-13-23-16-9-5-4-8-15(16)20(25)29)21-10-11-22-18(27)19(28)24-14-6-2-1-3-7-14/h1-9,13H,10-12H2,(H,21,26)(H,22,27)(H,24,28). The highest BCUT2D eigenvalue weighted by molar-refractivity contribution is 6.39. The molecule has 3 N–H and O–H groups in total. The SMILES string of the molecule is O=C(Cn1cnc2ccccc2c1=O)NCCNC(=O)C(=O)Nc1ccccc1. The highest BCUT2D eigenvalue weighted by Gasteiger charge is 2.13. The summed E-state index contributed by atoms with van der Waals surface area (Å²) in [6.45, 7) is -0.0181. The van der Waals surface area contributed by atoms with Crippen molar-refractivity contribution in [3.05, 3.63) is 71.3 Å². The van der Waals surface area contributed by atoms with E-state index in [0.29, 0.717) is 16.6 Å². The van der Waals surface area contributed by atoms with Gasteiger partial charge in [-0.25, -0.2) is 4.98 Å². The van der Waals surface area contributed by atoms with E-state index in [1.165, 1.54) is 10.9 Å². The third-order valence-electron chi connectivity index (χ3n) is 4.02. The van der Waals surface area contributed by atoms with E-state index in [9.17, 15) is 19.2 Å². The Bertz CT molecular complexity index is 1090. The van der Waals surface area contributed by atoms with E-state index in [4.69, 9.17) is 0 Å². The Morgan fingerprint density at radius 2 is 1.55 bits per heavy atom. The number of hydrogen-bond donors (Lipinski definition) is 3. The molecule has 29 heavy (non-hydrogen) atoms. The summed E-state index contributed by atoms with van der Waals surface area (Å²) in [4.78, 5) is 52.1. The average molecular weight is 393 g/mol. The molecule has 3 amide bonds. The molecule has 3 rings (SSSR count). The molecule has 0 unspecified atom stereocenters. The Labute approximate surface area is 165 Å². The highest BCUT2D eigenvalue weighted by atomic mass is 16.2. The average Bonchev–Trinajstić information content (AvgIpc) is 2.74. The molecule has 0 atom stereocenters. The van der Waals surface area contributed by atoms with E-state index in [1.807, 2.05) is 0 Å². The van der Waals surface area contributed by atoms with Crippen molar-refractivity contribution in [1.82, 2.24) is 20.2 Å². The number of anilines is 1. The Morgan fingerprint density at radius 3 is 2.34 bits per heavy atom. The van der Waals surface area contributed by atoms with E-state index in [2.05, 4.69) is 20.9 Å². The number of para-hydroxylation sites is 2. The van der Waals surface area contributed by atoms with E-state index < -0.39 is 17.7 Å². The minimum atomic E-state index is -0.807. The number of benzene rings is 2. The maximum Gasteiger partial charge on any atom is 0.313 e. The molecule has 9 nitrogen and oxygen atoms in total. The minimum absolute atomic E-state index is 0.0671. The number of nitrogens with one attached hydrogen (secondary N) is 3. The first-order valence-electron chi connectivity index (χ1n) is 8.90. The van der Waals surface area contributed by atoms with Crippen LogP contribution >= 0.6 is 0 Å². The van der Waals surface area contributed by atoms with Crippen molar-refractivity contribution in [1.29, 1.82) is 0 Å². The van der Waals surface area contributed by atoms with Gasteiger partial charge in [-0.3, -0.25) is 23.7 Å². The first-order valence-corrected chi connectivity index (χ1v) is 8.90. The summed E-state index contributed by atoms with van der Waals surface area (Å²) < 4.78 is 1.21. The van der Waals surface area contributed by atoms with E-state index in [-0.39, 0.29) is 25.2 Å². The number of aromatic nitrogens is 2. The summed E-state index contributed by atoms with van der Waals surface area (Å²) in [7, 11) is 0. The molecular formula is C20H19N5O4. The predicted octanol–water partition coefficient (Wildman–Crippen LogP) is 0.268. The molecule has 0 aliphatic carbocycles. The van der Waals surface area contributed by atoms with Crippen LogP contribution in [-0.2, 0) is 20.9 Å². The summed E-state index contributed by atoms with van der Waals surface area (Å²) >= 11 is 0. The van der Waals surface area contributed by atoms with Crippen LogP contribution in [-0.4, -0.2) is 40.4 Å². The Morgan fingerprint density at radius 1 is 0.862 bits per heavy atom. The molecule has 2 aromatic carbocycles. The number of nitrogens with zero attached hydrogens (tertiary/aromatic N) is 2. The number of fused-ring (bicyclic) bond motifs is 1. The fourth-order valence-corrected chi connectivity index (χ4v) is 2.60. The number of amides is 3. The molecular weight excluding hydrogens is 374 g/mol. The van der Waals surface area contributed by atoms with Crippen molar-refractivity contribution in [2.75, 3.05) is 18.4 Å². The third-order valence-corrected chi connectivity index (χ3v) is 4.02. The van der Waals surface area contributed by atoms with Crippen LogP contribution in [0, 0.1) is 0 Å². The van der Waals surface area contributed by atoms with E-state index in [1.54, 1.807) is 54.6 Å². The molecule has 0 spiro atoms. The van der Waals surface area contributed by atoms with Crippen LogP contribution in [0.4, 0.5) is 5.69 Å². The smallest absolute Gasteiger partial charge is 0.313 e. The summed E-state index contributed by atoms with van der Waals surface area (Å²) in [5, 5.41) is 7.88. The first kappa shape index (κ1) is 19.7. The van der Waals surface area contributed by atoms with Crippen molar-refractivity contribution in [3.63, 3.8) is 0 Å². The Balaban J connectivity index is 1.43. The Kier molecular flexibility index (Phi) is 6.31. The van der Waals surface area contributed by atoms with Gasteiger partial charge in [-0.05, 0) is 24.3 Å². The molecule has 0 fully saturated rings. The summed E-state index contributed by atoms with van der Waals surface area (Å²) in [6.07, 6.45) is 1.32. The van der Waals surface area contributed by atoms with E-state index >= 15 is 0 Å². The third kappa shape index (κ3) is 5.25. The molecule has 0 saturated heterocycles. The van der Waals surface area contributed by atoms with Crippen molar-refractivity contribution >= 4 is 34.3 Å². The molecule has 0 radical (unpaired) electrons. The number of carbonyl (C=O) groups excluding carboxylic acids is 3. The maximum atomic E-state index is 12.3. The summed E-state index contributed by atoms with van der Waals surface area (Å²) in [6, 6.07) is 15.5. The van der Waals surface area contributed by atoms with Gasteiger partial charge in [0, 0.05) is 18.8 Å². The van der Waals surface area contributed by atoms with Crippen molar-refractivity contribution in [3.8, 4) is 0 Å². The van der Waals surface area contributed by atoms with E-state index in [0.717, 1.165) is 0 Å². The maximum absolute atomic E-state index is 12.3.